The average Bonchev–Trinajstić information content (AvgIpc) is 2.21. The minimum Gasteiger partial charge on any atom is -0.398 e. The summed E-state index contributed by atoms with van der Waals surface area (Å²) in [5.74, 6) is -0.165. The Morgan fingerprint density at radius 2 is 2.31 bits per heavy atom. The van der Waals surface area contributed by atoms with Gasteiger partial charge < -0.3 is 16.2 Å². The van der Waals surface area contributed by atoms with Crippen molar-refractivity contribution in [2.24, 2.45) is 0 Å². The molecule has 1 unspecified atom stereocenters. The Morgan fingerprint density at radius 3 is 2.88 bits per heavy atom. The predicted octanol–water partition coefficient (Wildman–Crippen LogP) is 1.53. The minimum absolute atomic E-state index is 0.165. The quantitative estimate of drug-likeness (QED) is 0.735. The smallest absolute Gasteiger partial charge is 0.251 e. The molecule has 0 aliphatic carbocycles. The lowest BCUT2D eigenvalue weighted by molar-refractivity contribution is 0.0945. The highest BCUT2D eigenvalue weighted by molar-refractivity contribution is 9.10. The maximum absolute atomic E-state index is 11.6. The number of carbonyl (C=O) groups is 1. The molecule has 0 aliphatic heterocycles. The number of nitrogens with one attached hydrogen (secondary N) is 1. The van der Waals surface area contributed by atoms with E-state index in [0.717, 1.165) is 0 Å². The lowest BCUT2D eigenvalue weighted by Crippen LogP contribution is -2.26. The summed E-state index contributed by atoms with van der Waals surface area (Å²) in [6, 6.07) is 5.01. The van der Waals surface area contributed by atoms with Gasteiger partial charge in [0.25, 0.3) is 5.91 Å². The Bertz CT molecular complexity index is 380. The fourth-order valence-electron chi connectivity index (χ4n) is 1.17. The topological polar surface area (TPSA) is 75.3 Å². The van der Waals surface area contributed by atoms with E-state index in [0.29, 0.717) is 28.7 Å². The van der Waals surface area contributed by atoms with Gasteiger partial charge in [0.15, 0.2) is 0 Å². The summed E-state index contributed by atoms with van der Waals surface area (Å²) in [6.45, 7) is 2.14. The van der Waals surface area contributed by atoms with Crippen LogP contribution in [-0.2, 0) is 0 Å². The molecule has 0 spiro atoms. The molecule has 1 rings (SSSR count). The molecule has 0 radical (unpaired) electrons. The van der Waals surface area contributed by atoms with Crippen LogP contribution in [0.4, 0.5) is 5.69 Å². The van der Waals surface area contributed by atoms with Crippen molar-refractivity contribution in [1.29, 1.82) is 0 Å². The number of amides is 1. The van der Waals surface area contributed by atoms with Crippen molar-refractivity contribution < 1.29 is 9.90 Å². The highest BCUT2D eigenvalue weighted by Crippen LogP contribution is 2.20. The first-order valence-corrected chi connectivity index (χ1v) is 5.81. The Labute approximate surface area is 103 Å². The number of nitrogens with two attached hydrogens (primary N) is 1. The lowest BCUT2D eigenvalue weighted by atomic mass is 10.2. The molecule has 4 nitrogen and oxygen atoms in total. The van der Waals surface area contributed by atoms with Gasteiger partial charge in [-0.15, -0.1) is 0 Å². The molecular weight excluding hydrogens is 272 g/mol. The van der Waals surface area contributed by atoms with Crippen LogP contribution in [0.15, 0.2) is 22.7 Å². The van der Waals surface area contributed by atoms with Gasteiger partial charge in [-0.25, -0.2) is 0 Å². The largest absolute Gasteiger partial charge is 0.398 e. The van der Waals surface area contributed by atoms with Crippen molar-refractivity contribution in [3.8, 4) is 0 Å². The molecule has 16 heavy (non-hydrogen) atoms. The second-order valence-electron chi connectivity index (χ2n) is 3.63. The van der Waals surface area contributed by atoms with E-state index in [1.54, 1.807) is 25.1 Å². The van der Waals surface area contributed by atoms with E-state index in [1.165, 1.54) is 0 Å². The molecule has 0 heterocycles. The summed E-state index contributed by atoms with van der Waals surface area (Å²) in [7, 11) is 0. The van der Waals surface area contributed by atoms with Crippen molar-refractivity contribution >= 4 is 27.5 Å². The molecule has 0 saturated heterocycles. The van der Waals surface area contributed by atoms with Crippen LogP contribution < -0.4 is 11.1 Å². The molecule has 1 atom stereocenters. The molecule has 88 valence electrons. The maximum Gasteiger partial charge on any atom is 0.251 e. The number of benzene rings is 1. The summed E-state index contributed by atoms with van der Waals surface area (Å²) in [4.78, 5) is 11.6. The fraction of sp³-hybridized carbons (Fsp3) is 0.364. The van der Waals surface area contributed by atoms with Gasteiger partial charge in [-0.1, -0.05) is 0 Å². The molecule has 0 fully saturated rings. The summed E-state index contributed by atoms with van der Waals surface area (Å²) in [5.41, 5.74) is 6.76. The van der Waals surface area contributed by atoms with E-state index in [1.807, 2.05) is 0 Å². The molecule has 1 aromatic rings. The van der Waals surface area contributed by atoms with Crippen molar-refractivity contribution in [3.63, 3.8) is 0 Å². The van der Waals surface area contributed by atoms with E-state index >= 15 is 0 Å². The van der Waals surface area contributed by atoms with E-state index in [4.69, 9.17) is 10.8 Å². The molecule has 1 aromatic carbocycles. The number of aliphatic hydroxyl groups excluding tert-OH is 1. The highest BCUT2D eigenvalue weighted by atomic mass is 79.9. The number of hydrogen-bond donors (Lipinski definition) is 3. The van der Waals surface area contributed by atoms with E-state index in [-0.39, 0.29) is 5.91 Å². The monoisotopic (exact) mass is 286 g/mol. The minimum atomic E-state index is -0.404. The first kappa shape index (κ1) is 13.0. The van der Waals surface area contributed by atoms with Crippen LogP contribution in [-0.4, -0.2) is 23.7 Å². The van der Waals surface area contributed by atoms with Crippen LogP contribution in [0.5, 0.6) is 0 Å². The highest BCUT2D eigenvalue weighted by Gasteiger charge is 2.07. The van der Waals surface area contributed by atoms with E-state index in [2.05, 4.69) is 21.2 Å². The van der Waals surface area contributed by atoms with Crippen LogP contribution in [0.25, 0.3) is 0 Å². The van der Waals surface area contributed by atoms with Gasteiger partial charge in [0.1, 0.15) is 0 Å². The van der Waals surface area contributed by atoms with Crippen molar-refractivity contribution in [3.05, 3.63) is 28.2 Å². The number of aliphatic hydroxyl groups is 1. The van der Waals surface area contributed by atoms with Crippen LogP contribution in [0, 0.1) is 0 Å². The number of anilines is 1. The zero-order valence-corrected chi connectivity index (χ0v) is 10.6. The number of halogens is 1. The third-order valence-corrected chi connectivity index (χ3v) is 2.80. The van der Waals surface area contributed by atoms with Crippen LogP contribution in [0.2, 0.25) is 0 Å². The van der Waals surface area contributed by atoms with Crippen molar-refractivity contribution in [2.45, 2.75) is 19.4 Å². The van der Waals surface area contributed by atoms with Crippen LogP contribution in [0.3, 0.4) is 0 Å². The van der Waals surface area contributed by atoms with Crippen molar-refractivity contribution in [1.82, 2.24) is 5.32 Å². The summed E-state index contributed by atoms with van der Waals surface area (Å²) in [5, 5.41) is 11.8. The number of hydrogen-bond acceptors (Lipinski definition) is 3. The SMILES string of the molecule is CC(O)CCNC(=O)c1ccc(N)c(Br)c1. The van der Waals surface area contributed by atoms with E-state index < -0.39 is 6.10 Å². The second kappa shape index (κ2) is 5.86. The van der Waals surface area contributed by atoms with Gasteiger partial charge >= 0.3 is 0 Å². The summed E-state index contributed by atoms with van der Waals surface area (Å²) in [6.07, 6.45) is 0.139. The van der Waals surface area contributed by atoms with Gasteiger partial charge in [0.2, 0.25) is 0 Å². The Morgan fingerprint density at radius 1 is 1.62 bits per heavy atom. The summed E-state index contributed by atoms with van der Waals surface area (Å²) >= 11 is 3.26. The molecular formula is C11H15BrN2O2. The number of carbonyl (C=O) groups excluding carboxylic acids is 1. The Kier molecular flexibility index (Phi) is 4.76. The molecule has 4 N–H and O–H groups in total. The molecule has 0 saturated carbocycles. The molecule has 5 heteroatoms. The lowest BCUT2D eigenvalue weighted by Gasteiger charge is -2.07. The fourth-order valence-corrected chi connectivity index (χ4v) is 1.54. The normalized spacial score (nSPS) is 12.2. The van der Waals surface area contributed by atoms with Gasteiger partial charge in [-0.3, -0.25) is 4.79 Å². The number of nitrogen functional groups attached to an aromatic ring is 1. The number of rotatable bonds is 4. The maximum atomic E-state index is 11.6. The van der Waals surface area contributed by atoms with Gasteiger partial charge in [-0.05, 0) is 47.5 Å². The predicted molar refractivity (Wildman–Crippen MR) is 67.2 cm³/mol. The van der Waals surface area contributed by atoms with Crippen LogP contribution >= 0.6 is 15.9 Å². The summed E-state index contributed by atoms with van der Waals surface area (Å²) < 4.78 is 0.704. The molecule has 0 bridgehead atoms. The first-order chi connectivity index (χ1) is 7.50. The second-order valence-corrected chi connectivity index (χ2v) is 4.48. The molecule has 1 amide bonds. The van der Waals surface area contributed by atoms with Crippen molar-refractivity contribution in [2.75, 3.05) is 12.3 Å². The zero-order chi connectivity index (χ0) is 12.1. The first-order valence-electron chi connectivity index (χ1n) is 5.02. The van der Waals surface area contributed by atoms with E-state index in [9.17, 15) is 4.79 Å². The molecule has 0 aliphatic rings. The zero-order valence-electron chi connectivity index (χ0n) is 9.03. The average molecular weight is 287 g/mol. The standard InChI is InChI=1S/C11H15BrN2O2/c1-7(15)4-5-14-11(16)8-2-3-10(13)9(12)6-8/h2-3,6-7,15H,4-5,13H2,1H3,(H,14,16). The molecule has 0 aromatic heterocycles. The van der Waals surface area contributed by atoms with Gasteiger partial charge in [0.05, 0.1) is 6.10 Å². The van der Waals surface area contributed by atoms with Gasteiger partial charge in [-0.2, -0.15) is 0 Å². The third-order valence-electron chi connectivity index (χ3n) is 2.11. The third kappa shape index (κ3) is 3.83. The van der Waals surface area contributed by atoms with Gasteiger partial charge in [0, 0.05) is 22.3 Å². The Hall–Kier alpha value is -1.07. The Balaban J connectivity index is 2.56. The van der Waals surface area contributed by atoms with Crippen LogP contribution in [0.1, 0.15) is 23.7 Å².